The van der Waals surface area contributed by atoms with Gasteiger partial charge in [-0.3, -0.25) is 9.09 Å². The van der Waals surface area contributed by atoms with Gasteiger partial charge in [-0.25, -0.2) is 0 Å². The first-order chi connectivity index (χ1) is 7.43. The second kappa shape index (κ2) is 5.72. The highest BCUT2D eigenvalue weighted by molar-refractivity contribution is 8.03. The summed E-state index contributed by atoms with van der Waals surface area (Å²) in [5, 5.41) is 0. The molecule has 1 rings (SSSR count). The molecule has 94 valence electrons. The smallest absolute Gasteiger partial charge is 0.306 e. The Morgan fingerprint density at radius 1 is 1.50 bits per heavy atom. The van der Waals surface area contributed by atoms with Crippen molar-refractivity contribution in [2.75, 3.05) is 12.4 Å². The van der Waals surface area contributed by atoms with Gasteiger partial charge in [0.25, 0.3) is 0 Å². The molecule has 1 unspecified atom stereocenters. The zero-order valence-corrected chi connectivity index (χ0v) is 12.2. The summed E-state index contributed by atoms with van der Waals surface area (Å²) in [6.45, 7) is 8.52. The van der Waals surface area contributed by atoms with Crippen LogP contribution in [-0.2, 0) is 13.6 Å². The van der Waals surface area contributed by atoms with Crippen LogP contribution in [0, 0.1) is 0 Å². The second-order valence-corrected chi connectivity index (χ2v) is 7.34. The summed E-state index contributed by atoms with van der Waals surface area (Å²) in [6.07, 6.45) is 1.95. The maximum absolute atomic E-state index is 12.3. The lowest BCUT2D eigenvalue weighted by Gasteiger charge is -2.22. The molecule has 0 radical (unpaired) electrons. The lowest BCUT2D eigenvalue weighted by Crippen LogP contribution is -2.19. The molecular weight excluding hydrogens is 243 g/mol. The van der Waals surface area contributed by atoms with Gasteiger partial charge in [0.05, 0.1) is 6.61 Å². The molecule has 0 fully saturated rings. The van der Waals surface area contributed by atoms with Crippen LogP contribution in [0.1, 0.15) is 40.5 Å². The van der Waals surface area contributed by atoms with E-state index in [-0.39, 0.29) is 0 Å². The van der Waals surface area contributed by atoms with Crippen molar-refractivity contribution in [3.05, 3.63) is 10.7 Å². The van der Waals surface area contributed by atoms with Crippen molar-refractivity contribution in [1.82, 2.24) is 0 Å². The Morgan fingerprint density at radius 2 is 2.19 bits per heavy atom. The van der Waals surface area contributed by atoms with Gasteiger partial charge >= 0.3 is 7.60 Å². The maximum Gasteiger partial charge on any atom is 0.355 e. The molecule has 0 bridgehead atoms. The van der Waals surface area contributed by atoms with Gasteiger partial charge in [0.2, 0.25) is 0 Å². The fourth-order valence-electron chi connectivity index (χ4n) is 1.45. The van der Waals surface area contributed by atoms with E-state index in [2.05, 4.69) is 13.8 Å². The van der Waals surface area contributed by atoms with E-state index in [9.17, 15) is 4.57 Å². The molecule has 0 aromatic carbocycles. The van der Waals surface area contributed by atoms with Crippen molar-refractivity contribution in [1.29, 1.82) is 0 Å². The van der Waals surface area contributed by atoms with Crippen LogP contribution in [0.3, 0.4) is 0 Å². The summed E-state index contributed by atoms with van der Waals surface area (Å²) in [5.41, 5.74) is -0.470. The summed E-state index contributed by atoms with van der Waals surface area (Å²) < 4.78 is 23.2. The predicted octanol–water partition coefficient (Wildman–Crippen LogP) is 4.40. The normalized spacial score (nSPS) is 28.1. The van der Waals surface area contributed by atoms with Gasteiger partial charge in [-0.1, -0.05) is 20.3 Å². The van der Waals surface area contributed by atoms with E-state index in [4.69, 9.17) is 9.05 Å². The quantitative estimate of drug-likeness (QED) is 0.526. The van der Waals surface area contributed by atoms with Crippen LogP contribution >= 0.6 is 19.4 Å². The molecule has 16 heavy (non-hydrogen) atoms. The summed E-state index contributed by atoms with van der Waals surface area (Å²) in [7, 11) is -2.99. The van der Waals surface area contributed by atoms with Gasteiger partial charge in [0.15, 0.2) is 0 Å². The lowest BCUT2D eigenvalue weighted by molar-refractivity contribution is 0.130. The summed E-state index contributed by atoms with van der Waals surface area (Å²) in [5.74, 6) is 2.64. The fraction of sp³-hybridized carbons (Fsp3) is 0.818. The zero-order chi connectivity index (χ0) is 12.2. The highest BCUT2D eigenvalue weighted by Gasteiger charge is 2.42. The van der Waals surface area contributed by atoms with E-state index in [1.54, 1.807) is 17.6 Å². The van der Waals surface area contributed by atoms with Crippen LogP contribution in [0.2, 0.25) is 0 Å². The monoisotopic (exact) mass is 264 g/mol. The van der Waals surface area contributed by atoms with Crippen molar-refractivity contribution in [3.8, 4) is 0 Å². The summed E-state index contributed by atoms with van der Waals surface area (Å²) in [4.78, 5) is 1.02. The fourth-order valence-corrected chi connectivity index (χ4v) is 4.80. The molecular formula is C11H21O3PS. The van der Waals surface area contributed by atoms with E-state index in [1.807, 2.05) is 13.8 Å². The first-order valence-corrected chi connectivity index (χ1v) is 8.34. The lowest BCUT2D eigenvalue weighted by atomic mass is 10.1. The highest BCUT2D eigenvalue weighted by Crippen LogP contribution is 2.62. The van der Waals surface area contributed by atoms with Gasteiger partial charge < -0.3 is 4.52 Å². The molecule has 0 N–H and O–H groups in total. The van der Waals surface area contributed by atoms with E-state index in [0.29, 0.717) is 6.61 Å². The van der Waals surface area contributed by atoms with Crippen LogP contribution in [0.15, 0.2) is 10.7 Å². The molecule has 3 nitrogen and oxygen atoms in total. The Hall–Kier alpha value is 0.240. The molecule has 1 aliphatic rings. The summed E-state index contributed by atoms with van der Waals surface area (Å²) in [6, 6.07) is 0. The number of rotatable bonds is 6. The Bertz CT molecular complexity index is 312. The molecule has 0 spiro atoms. The number of unbranched alkanes of at least 4 members (excludes halogenated alkanes) is 1. The van der Waals surface area contributed by atoms with Gasteiger partial charge in [-0.05, 0) is 26.0 Å². The highest BCUT2D eigenvalue weighted by atomic mass is 32.2. The van der Waals surface area contributed by atoms with Gasteiger partial charge in [0.1, 0.15) is 5.60 Å². The van der Waals surface area contributed by atoms with Crippen LogP contribution in [0.5, 0.6) is 0 Å². The average Bonchev–Trinajstić information content (AvgIpc) is 2.38. The molecule has 0 aromatic heterocycles. The topological polar surface area (TPSA) is 35.5 Å². The SMILES string of the molecule is CCCCOP1(=O)C=C(SCC)C(C)(C)O1. The largest absolute Gasteiger partial charge is 0.355 e. The van der Waals surface area contributed by atoms with Crippen molar-refractivity contribution in [2.24, 2.45) is 0 Å². The third-order valence-corrected chi connectivity index (χ3v) is 5.50. The van der Waals surface area contributed by atoms with E-state index in [0.717, 1.165) is 23.5 Å². The summed E-state index contributed by atoms with van der Waals surface area (Å²) >= 11 is 1.67. The molecule has 1 aliphatic heterocycles. The minimum atomic E-state index is -2.99. The zero-order valence-electron chi connectivity index (χ0n) is 10.5. The van der Waals surface area contributed by atoms with E-state index >= 15 is 0 Å². The minimum Gasteiger partial charge on any atom is -0.306 e. The number of hydrogen-bond acceptors (Lipinski definition) is 4. The van der Waals surface area contributed by atoms with Crippen molar-refractivity contribution < 1.29 is 13.6 Å². The third kappa shape index (κ3) is 3.63. The Morgan fingerprint density at radius 3 is 2.75 bits per heavy atom. The molecule has 1 atom stereocenters. The van der Waals surface area contributed by atoms with Crippen molar-refractivity contribution in [2.45, 2.75) is 46.1 Å². The first-order valence-electron chi connectivity index (χ1n) is 5.74. The second-order valence-electron chi connectivity index (χ2n) is 4.25. The van der Waals surface area contributed by atoms with Crippen LogP contribution in [-0.4, -0.2) is 18.0 Å². The Balaban J connectivity index is 2.67. The van der Waals surface area contributed by atoms with Crippen LogP contribution in [0.25, 0.3) is 0 Å². The predicted molar refractivity (Wildman–Crippen MR) is 69.8 cm³/mol. The number of thioether (sulfide) groups is 1. The molecule has 0 aliphatic carbocycles. The van der Waals surface area contributed by atoms with E-state index in [1.165, 1.54) is 0 Å². The average molecular weight is 264 g/mol. The van der Waals surface area contributed by atoms with Crippen molar-refractivity contribution in [3.63, 3.8) is 0 Å². The molecule has 1 heterocycles. The molecule has 0 aromatic rings. The molecule has 0 saturated heterocycles. The van der Waals surface area contributed by atoms with Crippen molar-refractivity contribution >= 4 is 19.4 Å². The molecule has 0 saturated carbocycles. The van der Waals surface area contributed by atoms with Gasteiger partial charge in [-0.2, -0.15) is 0 Å². The van der Waals surface area contributed by atoms with Crippen LogP contribution < -0.4 is 0 Å². The maximum atomic E-state index is 12.3. The first kappa shape index (κ1) is 14.3. The minimum absolute atomic E-state index is 0.470. The van der Waals surface area contributed by atoms with Gasteiger partial charge in [0, 0.05) is 10.7 Å². The Labute approximate surface area is 103 Å². The standard InChI is InChI=1S/C11H21O3PS/c1-5-7-8-13-15(12)9-10(16-6-2)11(3,4)14-15/h9H,5-8H2,1-4H3. The third-order valence-electron chi connectivity index (χ3n) is 2.29. The van der Waals surface area contributed by atoms with Gasteiger partial charge in [-0.15, -0.1) is 11.8 Å². The molecule has 0 amide bonds. The Kier molecular flexibility index (Phi) is 5.11. The molecule has 5 heteroatoms. The number of hydrogen-bond donors (Lipinski definition) is 0. The van der Waals surface area contributed by atoms with Crippen LogP contribution in [0.4, 0.5) is 0 Å². The van der Waals surface area contributed by atoms with E-state index < -0.39 is 13.2 Å².